The van der Waals surface area contributed by atoms with Gasteiger partial charge < -0.3 is 10.2 Å². The van der Waals surface area contributed by atoms with Crippen molar-refractivity contribution in [2.75, 3.05) is 6.67 Å². The van der Waals surface area contributed by atoms with Crippen molar-refractivity contribution in [3.8, 4) is 11.4 Å². The molecule has 0 saturated heterocycles. The van der Waals surface area contributed by atoms with E-state index in [2.05, 4.69) is 86.4 Å². The summed E-state index contributed by atoms with van der Waals surface area (Å²) in [5.41, 5.74) is 5.45. The molecule has 0 aromatic carbocycles. The van der Waals surface area contributed by atoms with Gasteiger partial charge in [0, 0.05) is 28.4 Å². The molecule has 0 atom stereocenters. The molecule has 0 spiro atoms. The van der Waals surface area contributed by atoms with Crippen LogP contribution < -0.4 is 5.32 Å². The molecular formula is C20H29N5. The molecule has 0 unspecified atom stereocenters. The molecule has 25 heavy (non-hydrogen) atoms. The molecule has 0 amide bonds. The van der Waals surface area contributed by atoms with Crippen molar-refractivity contribution in [2.24, 2.45) is 5.41 Å². The molecule has 134 valence electrons. The number of aromatic nitrogens is 3. The van der Waals surface area contributed by atoms with Crippen molar-refractivity contribution < 1.29 is 0 Å². The Morgan fingerprint density at radius 3 is 2.40 bits per heavy atom. The highest BCUT2D eigenvalue weighted by Crippen LogP contribution is 2.27. The van der Waals surface area contributed by atoms with Gasteiger partial charge in [-0.25, -0.2) is 4.98 Å². The van der Waals surface area contributed by atoms with E-state index in [4.69, 9.17) is 4.98 Å². The zero-order chi connectivity index (χ0) is 18.2. The van der Waals surface area contributed by atoms with Gasteiger partial charge in [-0.3, -0.25) is 5.10 Å². The second kappa shape index (κ2) is 6.21. The highest BCUT2D eigenvalue weighted by Gasteiger charge is 2.23. The summed E-state index contributed by atoms with van der Waals surface area (Å²) in [5, 5.41) is 11.1. The van der Waals surface area contributed by atoms with Gasteiger partial charge in [-0.2, -0.15) is 5.10 Å². The Morgan fingerprint density at radius 1 is 1.04 bits per heavy atom. The summed E-state index contributed by atoms with van der Waals surface area (Å²) >= 11 is 0. The van der Waals surface area contributed by atoms with Crippen molar-refractivity contribution in [3.05, 3.63) is 47.6 Å². The van der Waals surface area contributed by atoms with Gasteiger partial charge in [0.05, 0.1) is 24.6 Å². The number of pyridine rings is 1. The number of hydrogen-bond donors (Lipinski definition) is 2. The maximum atomic E-state index is 4.81. The topological polar surface area (TPSA) is 56.8 Å². The van der Waals surface area contributed by atoms with Crippen LogP contribution in [0, 0.1) is 5.41 Å². The van der Waals surface area contributed by atoms with E-state index in [1.807, 2.05) is 6.07 Å². The molecule has 0 radical (unpaired) electrons. The lowest BCUT2D eigenvalue weighted by Gasteiger charge is -2.19. The Bertz CT molecular complexity index is 774. The molecule has 0 aliphatic carbocycles. The Hall–Kier alpha value is -2.30. The van der Waals surface area contributed by atoms with E-state index in [-0.39, 0.29) is 10.8 Å². The van der Waals surface area contributed by atoms with Crippen LogP contribution in [0.2, 0.25) is 0 Å². The molecule has 3 rings (SSSR count). The minimum atomic E-state index is 0.0538. The zero-order valence-corrected chi connectivity index (χ0v) is 16.1. The van der Waals surface area contributed by atoms with E-state index in [9.17, 15) is 0 Å². The van der Waals surface area contributed by atoms with Crippen LogP contribution >= 0.6 is 0 Å². The Labute approximate surface area is 150 Å². The highest BCUT2D eigenvalue weighted by atomic mass is 15.3. The van der Waals surface area contributed by atoms with Crippen molar-refractivity contribution >= 4 is 0 Å². The minimum absolute atomic E-state index is 0.0538. The maximum Gasteiger partial charge on any atom is 0.111 e. The normalized spacial score (nSPS) is 15.3. The van der Waals surface area contributed by atoms with Crippen LogP contribution in [-0.4, -0.2) is 26.7 Å². The van der Waals surface area contributed by atoms with Crippen LogP contribution in [-0.2, 0) is 12.0 Å². The van der Waals surface area contributed by atoms with Gasteiger partial charge in [0.15, 0.2) is 0 Å². The van der Waals surface area contributed by atoms with Gasteiger partial charge in [0.2, 0.25) is 0 Å². The van der Waals surface area contributed by atoms with Crippen LogP contribution in [0.1, 0.15) is 52.9 Å². The summed E-state index contributed by atoms with van der Waals surface area (Å²) in [6.07, 6.45) is 2.21. The van der Waals surface area contributed by atoms with E-state index in [0.29, 0.717) is 0 Å². The second-order valence-corrected chi connectivity index (χ2v) is 8.81. The number of nitrogens with one attached hydrogen (secondary N) is 2. The Morgan fingerprint density at radius 2 is 1.80 bits per heavy atom. The molecule has 5 heteroatoms. The molecule has 2 aromatic rings. The smallest absolute Gasteiger partial charge is 0.111 e. The lowest BCUT2D eigenvalue weighted by molar-refractivity contribution is 0.377. The quantitative estimate of drug-likeness (QED) is 0.887. The SMILES string of the molecule is CC(C)(C)C1=CN(Cc2cccc(-c3cc(C(C)(C)C)[nH]n3)n2)CN1. The second-order valence-electron chi connectivity index (χ2n) is 8.81. The molecule has 5 nitrogen and oxygen atoms in total. The van der Waals surface area contributed by atoms with Crippen molar-refractivity contribution in [3.63, 3.8) is 0 Å². The molecule has 0 saturated carbocycles. The van der Waals surface area contributed by atoms with Crippen LogP contribution in [0.25, 0.3) is 11.4 Å². The van der Waals surface area contributed by atoms with Gasteiger partial charge in [0.25, 0.3) is 0 Å². The van der Waals surface area contributed by atoms with Gasteiger partial charge >= 0.3 is 0 Å². The number of allylic oxidation sites excluding steroid dienone is 1. The molecule has 1 aliphatic rings. The third kappa shape index (κ3) is 4.03. The largest absolute Gasteiger partial charge is 0.370 e. The molecule has 2 N–H and O–H groups in total. The predicted molar refractivity (Wildman–Crippen MR) is 102 cm³/mol. The van der Waals surface area contributed by atoms with Crippen LogP contribution in [0.15, 0.2) is 36.2 Å². The highest BCUT2D eigenvalue weighted by molar-refractivity contribution is 5.54. The molecule has 1 aliphatic heterocycles. The van der Waals surface area contributed by atoms with Crippen LogP contribution in [0.4, 0.5) is 0 Å². The third-order valence-corrected chi connectivity index (χ3v) is 4.41. The number of nitrogens with zero attached hydrogens (tertiary/aromatic N) is 3. The van der Waals surface area contributed by atoms with Gasteiger partial charge in [0.1, 0.15) is 5.69 Å². The van der Waals surface area contributed by atoms with Crippen LogP contribution in [0.3, 0.4) is 0 Å². The predicted octanol–water partition coefficient (Wildman–Crippen LogP) is 4.02. The van der Waals surface area contributed by atoms with Crippen molar-refractivity contribution in [2.45, 2.75) is 53.5 Å². The molecule has 3 heterocycles. The van der Waals surface area contributed by atoms with E-state index in [1.54, 1.807) is 0 Å². The third-order valence-electron chi connectivity index (χ3n) is 4.41. The van der Waals surface area contributed by atoms with Gasteiger partial charge in [-0.1, -0.05) is 47.6 Å². The van der Waals surface area contributed by atoms with E-state index in [0.717, 1.165) is 36.0 Å². The lowest BCUT2D eigenvalue weighted by atomic mass is 9.92. The zero-order valence-electron chi connectivity index (χ0n) is 16.1. The van der Waals surface area contributed by atoms with Crippen molar-refractivity contribution in [1.29, 1.82) is 0 Å². The van der Waals surface area contributed by atoms with Gasteiger partial charge in [-0.15, -0.1) is 0 Å². The molecular weight excluding hydrogens is 310 g/mol. The van der Waals surface area contributed by atoms with E-state index >= 15 is 0 Å². The first-order chi connectivity index (χ1) is 11.6. The Balaban J connectivity index is 1.77. The summed E-state index contributed by atoms with van der Waals surface area (Å²) in [6, 6.07) is 8.25. The van der Waals surface area contributed by atoms with Crippen LogP contribution in [0.5, 0.6) is 0 Å². The standard InChI is InChI=1S/C20H29N5/c1-19(2,3)17-10-16(23-24-17)15-9-7-8-14(22-15)11-25-12-18(21-13-25)20(4,5)6/h7-10,12,21H,11,13H2,1-6H3,(H,23,24). The fourth-order valence-electron chi connectivity index (χ4n) is 2.78. The summed E-state index contributed by atoms with van der Waals surface area (Å²) in [5.74, 6) is 0. The molecule has 0 bridgehead atoms. The fourth-order valence-corrected chi connectivity index (χ4v) is 2.78. The number of rotatable bonds is 3. The summed E-state index contributed by atoms with van der Waals surface area (Å²) in [6.45, 7) is 14.8. The first-order valence-electron chi connectivity index (χ1n) is 8.85. The maximum absolute atomic E-state index is 4.81. The monoisotopic (exact) mass is 339 g/mol. The average molecular weight is 339 g/mol. The summed E-state index contributed by atoms with van der Waals surface area (Å²) < 4.78 is 0. The number of hydrogen-bond acceptors (Lipinski definition) is 4. The molecule has 0 fully saturated rings. The minimum Gasteiger partial charge on any atom is -0.370 e. The first-order valence-corrected chi connectivity index (χ1v) is 8.85. The van der Waals surface area contributed by atoms with E-state index < -0.39 is 0 Å². The fraction of sp³-hybridized carbons (Fsp3) is 0.500. The first kappa shape index (κ1) is 17.5. The van der Waals surface area contributed by atoms with E-state index in [1.165, 1.54) is 5.70 Å². The van der Waals surface area contributed by atoms with Crippen molar-refractivity contribution in [1.82, 2.24) is 25.4 Å². The average Bonchev–Trinajstić information content (AvgIpc) is 3.15. The summed E-state index contributed by atoms with van der Waals surface area (Å²) in [4.78, 5) is 7.07. The summed E-state index contributed by atoms with van der Waals surface area (Å²) in [7, 11) is 0. The Kier molecular flexibility index (Phi) is 4.35. The number of H-pyrrole nitrogens is 1. The lowest BCUT2D eigenvalue weighted by Crippen LogP contribution is -2.24. The number of aromatic amines is 1. The van der Waals surface area contributed by atoms with Gasteiger partial charge in [-0.05, 0) is 18.2 Å². The molecule has 2 aromatic heterocycles.